The van der Waals surface area contributed by atoms with E-state index in [0.717, 1.165) is 22.1 Å². The van der Waals surface area contributed by atoms with E-state index < -0.39 is 0 Å². The van der Waals surface area contributed by atoms with Crippen molar-refractivity contribution in [2.24, 2.45) is 5.73 Å². The second kappa shape index (κ2) is 4.35. The lowest BCUT2D eigenvalue weighted by Gasteiger charge is -2.20. The third kappa shape index (κ3) is 1.99. The molecule has 0 aliphatic carbocycles. The van der Waals surface area contributed by atoms with Gasteiger partial charge in [0.25, 0.3) is 0 Å². The molecule has 0 saturated heterocycles. The number of ether oxygens (including phenoxy) is 2. The van der Waals surface area contributed by atoms with E-state index in [-0.39, 0.29) is 6.04 Å². The minimum atomic E-state index is -0.203. The van der Waals surface area contributed by atoms with E-state index >= 15 is 0 Å². The van der Waals surface area contributed by atoms with E-state index in [9.17, 15) is 0 Å². The fraction of sp³-hybridized carbons (Fsp3) is 0.250. The molecule has 4 nitrogen and oxygen atoms in total. The molecule has 2 aromatic rings. The monoisotopic (exact) mass is 248 g/mol. The summed E-state index contributed by atoms with van der Waals surface area (Å²) < 4.78 is 11.0. The smallest absolute Gasteiger partial charge is 0.161 e. The number of rotatable bonds is 2. The van der Waals surface area contributed by atoms with E-state index in [4.69, 9.17) is 15.2 Å². The van der Waals surface area contributed by atoms with E-state index in [1.807, 2.05) is 23.6 Å². The van der Waals surface area contributed by atoms with Crippen LogP contribution in [0.3, 0.4) is 0 Å². The molecular formula is C12H12N2O2S. The van der Waals surface area contributed by atoms with Gasteiger partial charge in [-0.1, -0.05) is 6.07 Å². The average molecular weight is 248 g/mol. The summed E-state index contributed by atoms with van der Waals surface area (Å²) in [5.41, 5.74) is 7.14. The predicted octanol–water partition coefficient (Wildman–Crippen LogP) is 1.96. The molecule has 1 aliphatic rings. The minimum absolute atomic E-state index is 0.203. The molecule has 17 heavy (non-hydrogen) atoms. The van der Waals surface area contributed by atoms with Crippen molar-refractivity contribution in [1.82, 2.24) is 4.98 Å². The first-order chi connectivity index (χ1) is 8.34. The van der Waals surface area contributed by atoms with Gasteiger partial charge >= 0.3 is 0 Å². The predicted molar refractivity (Wildman–Crippen MR) is 65.6 cm³/mol. The van der Waals surface area contributed by atoms with Gasteiger partial charge in [0.05, 0.1) is 6.04 Å². The maximum atomic E-state index is 6.15. The molecule has 5 heteroatoms. The van der Waals surface area contributed by atoms with Gasteiger partial charge in [0.15, 0.2) is 11.5 Å². The van der Waals surface area contributed by atoms with Crippen molar-refractivity contribution >= 4 is 11.3 Å². The van der Waals surface area contributed by atoms with Gasteiger partial charge in [-0.2, -0.15) is 0 Å². The summed E-state index contributed by atoms with van der Waals surface area (Å²) in [7, 11) is 0. The SMILES string of the molecule is NC(c1ccc2c(c1)OCCO2)c1nccs1. The second-order valence-corrected chi connectivity index (χ2v) is 4.68. The van der Waals surface area contributed by atoms with Crippen LogP contribution in [-0.2, 0) is 0 Å². The molecule has 1 atom stereocenters. The number of hydrogen-bond donors (Lipinski definition) is 1. The van der Waals surface area contributed by atoms with E-state index in [0.29, 0.717) is 13.2 Å². The minimum Gasteiger partial charge on any atom is -0.486 e. The summed E-state index contributed by atoms with van der Waals surface area (Å²) in [6.07, 6.45) is 1.76. The van der Waals surface area contributed by atoms with Crippen LogP contribution in [0.2, 0.25) is 0 Å². The van der Waals surface area contributed by atoms with Crippen LogP contribution in [0, 0.1) is 0 Å². The maximum Gasteiger partial charge on any atom is 0.161 e. The van der Waals surface area contributed by atoms with Crippen molar-refractivity contribution < 1.29 is 9.47 Å². The molecule has 0 spiro atoms. The van der Waals surface area contributed by atoms with Gasteiger partial charge in [0, 0.05) is 11.6 Å². The fourth-order valence-corrected chi connectivity index (χ4v) is 2.45. The topological polar surface area (TPSA) is 57.4 Å². The summed E-state index contributed by atoms with van der Waals surface area (Å²) in [5, 5.41) is 2.83. The molecule has 0 saturated carbocycles. The van der Waals surface area contributed by atoms with E-state index in [1.165, 1.54) is 0 Å². The molecule has 1 unspecified atom stereocenters. The molecule has 0 amide bonds. The Morgan fingerprint density at radius 2 is 2.06 bits per heavy atom. The molecule has 2 N–H and O–H groups in total. The van der Waals surface area contributed by atoms with Gasteiger partial charge < -0.3 is 15.2 Å². The van der Waals surface area contributed by atoms with Crippen molar-refractivity contribution in [3.05, 3.63) is 40.3 Å². The zero-order chi connectivity index (χ0) is 11.7. The van der Waals surface area contributed by atoms with Crippen molar-refractivity contribution in [2.75, 3.05) is 13.2 Å². The Hall–Kier alpha value is -1.59. The van der Waals surface area contributed by atoms with Gasteiger partial charge in [-0.05, 0) is 17.7 Å². The molecule has 1 aromatic carbocycles. The Bertz CT molecular complexity index is 513. The number of fused-ring (bicyclic) bond motifs is 1. The highest BCUT2D eigenvalue weighted by Crippen LogP contribution is 2.33. The van der Waals surface area contributed by atoms with Gasteiger partial charge in [-0.15, -0.1) is 11.3 Å². The van der Waals surface area contributed by atoms with Crippen molar-refractivity contribution in [2.45, 2.75) is 6.04 Å². The first-order valence-corrected chi connectivity index (χ1v) is 6.27. The number of aromatic nitrogens is 1. The Labute approximate surface area is 103 Å². The van der Waals surface area contributed by atoms with Crippen LogP contribution in [0.4, 0.5) is 0 Å². The third-order valence-electron chi connectivity index (χ3n) is 2.64. The highest BCUT2D eigenvalue weighted by Gasteiger charge is 2.16. The van der Waals surface area contributed by atoms with Crippen molar-refractivity contribution in [3.8, 4) is 11.5 Å². The lowest BCUT2D eigenvalue weighted by molar-refractivity contribution is 0.171. The lowest BCUT2D eigenvalue weighted by Crippen LogP contribution is -2.17. The molecule has 0 bridgehead atoms. The van der Waals surface area contributed by atoms with E-state index in [2.05, 4.69) is 4.98 Å². The number of benzene rings is 1. The molecular weight excluding hydrogens is 236 g/mol. The van der Waals surface area contributed by atoms with Gasteiger partial charge in [0.2, 0.25) is 0 Å². The summed E-state index contributed by atoms with van der Waals surface area (Å²) in [4.78, 5) is 4.23. The molecule has 0 fully saturated rings. The van der Waals surface area contributed by atoms with Crippen LogP contribution in [0.15, 0.2) is 29.8 Å². The fourth-order valence-electron chi connectivity index (χ4n) is 1.78. The number of thiazole rings is 1. The normalized spacial score (nSPS) is 15.6. The Kier molecular flexibility index (Phi) is 2.70. The number of hydrogen-bond acceptors (Lipinski definition) is 5. The third-order valence-corrected chi connectivity index (χ3v) is 3.50. The maximum absolute atomic E-state index is 6.15. The Morgan fingerprint density at radius 1 is 1.24 bits per heavy atom. The van der Waals surface area contributed by atoms with Crippen LogP contribution in [0.5, 0.6) is 11.5 Å². The zero-order valence-corrected chi connectivity index (χ0v) is 9.94. The largest absolute Gasteiger partial charge is 0.486 e. The highest BCUT2D eigenvalue weighted by atomic mass is 32.1. The van der Waals surface area contributed by atoms with Gasteiger partial charge in [-0.25, -0.2) is 4.98 Å². The first kappa shape index (κ1) is 10.6. The molecule has 1 aromatic heterocycles. The number of nitrogens with two attached hydrogens (primary N) is 1. The Morgan fingerprint density at radius 3 is 2.82 bits per heavy atom. The molecule has 0 radical (unpaired) electrons. The van der Waals surface area contributed by atoms with Crippen LogP contribution in [-0.4, -0.2) is 18.2 Å². The van der Waals surface area contributed by atoms with Crippen LogP contribution < -0.4 is 15.2 Å². The second-order valence-electron chi connectivity index (χ2n) is 3.75. The van der Waals surface area contributed by atoms with Crippen molar-refractivity contribution in [1.29, 1.82) is 0 Å². The van der Waals surface area contributed by atoms with E-state index in [1.54, 1.807) is 17.5 Å². The van der Waals surface area contributed by atoms with Crippen LogP contribution in [0.25, 0.3) is 0 Å². The lowest BCUT2D eigenvalue weighted by atomic mass is 10.1. The number of nitrogens with zero attached hydrogens (tertiary/aromatic N) is 1. The molecule has 2 heterocycles. The first-order valence-electron chi connectivity index (χ1n) is 5.39. The summed E-state index contributed by atoms with van der Waals surface area (Å²) in [5.74, 6) is 1.55. The standard InChI is InChI=1S/C12H12N2O2S/c13-11(12-14-3-6-17-12)8-1-2-9-10(7-8)16-5-4-15-9/h1-3,6-7,11H,4-5,13H2. The molecule has 88 valence electrons. The van der Waals surface area contributed by atoms with Crippen LogP contribution >= 0.6 is 11.3 Å². The highest BCUT2D eigenvalue weighted by molar-refractivity contribution is 7.09. The molecule has 3 rings (SSSR count). The Balaban J connectivity index is 1.93. The summed E-state index contributed by atoms with van der Waals surface area (Å²) >= 11 is 1.56. The average Bonchev–Trinajstić information content (AvgIpc) is 2.91. The molecule has 1 aliphatic heterocycles. The van der Waals surface area contributed by atoms with Crippen molar-refractivity contribution in [3.63, 3.8) is 0 Å². The van der Waals surface area contributed by atoms with Gasteiger partial charge in [0.1, 0.15) is 18.2 Å². The van der Waals surface area contributed by atoms with Gasteiger partial charge in [-0.3, -0.25) is 0 Å². The van der Waals surface area contributed by atoms with Crippen LogP contribution in [0.1, 0.15) is 16.6 Å². The summed E-state index contributed by atoms with van der Waals surface area (Å²) in [6.45, 7) is 1.19. The zero-order valence-electron chi connectivity index (χ0n) is 9.13. The summed E-state index contributed by atoms with van der Waals surface area (Å²) in [6, 6.07) is 5.59. The quantitative estimate of drug-likeness (QED) is 0.882.